The summed E-state index contributed by atoms with van der Waals surface area (Å²) in [6, 6.07) is 10.6. The number of nitrogens with zero attached hydrogens (tertiary/aromatic N) is 1. The van der Waals surface area contributed by atoms with Crippen molar-refractivity contribution < 1.29 is 9.53 Å². The average Bonchev–Trinajstić information content (AvgIpc) is 3.21. The van der Waals surface area contributed by atoms with Gasteiger partial charge in [0.2, 0.25) is 5.91 Å². The topological polar surface area (TPSA) is 55.6 Å². The van der Waals surface area contributed by atoms with E-state index >= 15 is 0 Å². The van der Waals surface area contributed by atoms with Gasteiger partial charge in [-0.1, -0.05) is 36.8 Å². The van der Waals surface area contributed by atoms with Crippen LogP contribution in [0.2, 0.25) is 0 Å². The van der Waals surface area contributed by atoms with Crippen LogP contribution in [0.15, 0.2) is 30.3 Å². The molecule has 1 saturated heterocycles. The third-order valence-corrected chi connectivity index (χ3v) is 5.15. The summed E-state index contributed by atoms with van der Waals surface area (Å²) in [4.78, 5) is 14.5. The molecule has 2 fully saturated rings. The molecular weight excluding hydrogens is 288 g/mol. The predicted molar refractivity (Wildman–Crippen MR) is 91.0 cm³/mol. The minimum absolute atomic E-state index is 0.0480. The zero-order valence-corrected chi connectivity index (χ0v) is 13.8. The molecule has 23 heavy (non-hydrogen) atoms. The normalized spacial score (nSPS) is 27.5. The summed E-state index contributed by atoms with van der Waals surface area (Å²) >= 11 is 0. The van der Waals surface area contributed by atoms with Crippen molar-refractivity contribution >= 4 is 5.91 Å². The van der Waals surface area contributed by atoms with Crippen LogP contribution in [0.5, 0.6) is 0 Å². The number of hydrogen-bond acceptors (Lipinski definition) is 3. The number of likely N-dealkylation sites (tertiary alicyclic amines) is 1. The van der Waals surface area contributed by atoms with Crippen molar-refractivity contribution in [2.75, 3.05) is 19.7 Å². The third kappa shape index (κ3) is 4.33. The van der Waals surface area contributed by atoms with E-state index in [4.69, 9.17) is 10.5 Å². The first-order chi connectivity index (χ1) is 11.2. The van der Waals surface area contributed by atoms with Crippen molar-refractivity contribution in [3.8, 4) is 0 Å². The number of amides is 1. The molecule has 0 aromatic heterocycles. The smallest absolute Gasteiger partial charge is 0.227 e. The molecule has 1 heterocycles. The van der Waals surface area contributed by atoms with Gasteiger partial charge in [-0.25, -0.2) is 0 Å². The monoisotopic (exact) mass is 316 g/mol. The molecule has 4 nitrogen and oxygen atoms in total. The van der Waals surface area contributed by atoms with Gasteiger partial charge >= 0.3 is 0 Å². The molecule has 0 unspecified atom stereocenters. The summed E-state index contributed by atoms with van der Waals surface area (Å²) in [5.41, 5.74) is 7.41. The Morgan fingerprint density at radius 3 is 2.78 bits per heavy atom. The Morgan fingerprint density at radius 2 is 2.04 bits per heavy atom. The number of rotatable bonds is 6. The molecule has 1 aromatic carbocycles. The number of carbonyl (C=O) groups is 1. The lowest BCUT2D eigenvalue weighted by Crippen LogP contribution is -2.41. The van der Waals surface area contributed by atoms with Gasteiger partial charge in [0.25, 0.3) is 0 Å². The summed E-state index contributed by atoms with van der Waals surface area (Å²) in [7, 11) is 0. The van der Waals surface area contributed by atoms with Crippen molar-refractivity contribution in [1.29, 1.82) is 0 Å². The lowest BCUT2D eigenvalue weighted by molar-refractivity contribution is -0.135. The maximum absolute atomic E-state index is 12.5. The quantitative estimate of drug-likeness (QED) is 0.820. The zero-order chi connectivity index (χ0) is 16.1. The number of aryl methyl sites for hydroxylation is 1. The molecule has 1 aliphatic carbocycles. The fraction of sp³-hybridized carbons (Fsp3) is 0.632. The highest BCUT2D eigenvalue weighted by molar-refractivity contribution is 5.80. The first-order valence-electron chi connectivity index (χ1n) is 8.94. The van der Waals surface area contributed by atoms with Crippen molar-refractivity contribution in [2.24, 2.45) is 11.7 Å². The van der Waals surface area contributed by atoms with Gasteiger partial charge in [0.05, 0.1) is 12.0 Å². The first-order valence-corrected chi connectivity index (χ1v) is 8.94. The largest absolute Gasteiger partial charge is 0.376 e. The van der Waals surface area contributed by atoms with E-state index in [0.29, 0.717) is 0 Å². The van der Waals surface area contributed by atoms with E-state index in [-0.39, 0.29) is 24.0 Å². The Kier molecular flexibility index (Phi) is 5.68. The lowest BCUT2D eigenvalue weighted by Gasteiger charge is -2.23. The fourth-order valence-corrected chi connectivity index (χ4v) is 3.77. The first kappa shape index (κ1) is 16.5. The summed E-state index contributed by atoms with van der Waals surface area (Å²) in [5.74, 6) is 0.303. The molecule has 2 N–H and O–H groups in total. The Bertz CT molecular complexity index is 505. The maximum Gasteiger partial charge on any atom is 0.227 e. The van der Waals surface area contributed by atoms with Gasteiger partial charge in [0, 0.05) is 25.7 Å². The Balaban J connectivity index is 1.36. The van der Waals surface area contributed by atoms with Crippen LogP contribution in [0.4, 0.5) is 0 Å². The molecule has 4 heteroatoms. The highest BCUT2D eigenvalue weighted by Gasteiger charge is 2.36. The summed E-state index contributed by atoms with van der Waals surface area (Å²) in [6.45, 7) is 2.34. The van der Waals surface area contributed by atoms with Crippen LogP contribution in [-0.4, -0.2) is 42.6 Å². The number of nitrogens with two attached hydrogens (primary N) is 1. The minimum atomic E-state index is 0.0480. The van der Waals surface area contributed by atoms with E-state index in [1.165, 1.54) is 5.56 Å². The summed E-state index contributed by atoms with van der Waals surface area (Å²) in [5, 5.41) is 0. The highest BCUT2D eigenvalue weighted by atomic mass is 16.5. The Labute approximate surface area is 139 Å². The van der Waals surface area contributed by atoms with Crippen LogP contribution < -0.4 is 5.73 Å². The van der Waals surface area contributed by atoms with E-state index in [1.54, 1.807) is 0 Å². The molecule has 0 radical (unpaired) electrons. The molecule has 1 amide bonds. The average molecular weight is 316 g/mol. The van der Waals surface area contributed by atoms with Gasteiger partial charge < -0.3 is 15.4 Å². The van der Waals surface area contributed by atoms with E-state index < -0.39 is 0 Å². The van der Waals surface area contributed by atoms with Crippen LogP contribution in [0.1, 0.15) is 37.7 Å². The van der Waals surface area contributed by atoms with Crippen molar-refractivity contribution in [3.63, 3.8) is 0 Å². The molecule has 2 aliphatic rings. The summed E-state index contributed by atoms with van der Waals surface area (Å²) < 4.78 is 5.97. The van der Waals surface area contributed by atoms with Gasteiger partial charge in [-0.05, 0) is 37.7 Å². The van der Waals surface area contributed by atoms with Gasteiger partial charge in [0.1, 0.15) is 0 Å². The van der Waals surface area contributed by atoms with Gasteiger partial charge in [-0.2, -0.15) is 0 Å². The molecule has 1 saturated carbocycles. The van der Waals surface area contributed by atoms with Crippen LogP contribution in [0.3, 0.4) is 0 Å². The molecule has 126 valence electrons. The van der Waals surface area contributed by atoms with E-state index in [2.05, 4.69) is 24.3 Å². The van der Waals surface area contributed by atoms with Crippen LogP contribution >= 0.6 is 0 Å². The maximum atomic E-state index is 12.5. The number of ether oxygens (including phenoxy) is 1. The second kappa shape index (κ2) is 7.93. The van der Waals surface area contributed by atoms with Crippen LogP contribution in [0, 0.1) is 5.92 Å². The van der Waals surface area contributed by atoms with Crippen LogP contribution in [0.25, 0.3) is 0 Å². The van der Waals surface area contributed by atoms with Crippen molar-refractivity contribution in [1.82, 2.24) is 4.90 Å². The van der Waals surface area contributed by atoms with E-state index in [0.717, 1.165) is 58.2 Å². The molecule has 1 aliphatic heterocycles. The van der Waals surface area contributed by atoms with Crippen LogP contribution in [-0.2, 0) is 16.0 Å². The zero-order valence-electron chi connectivity index (χ0n) is 13.8. The third-order valence-electron chi connectivity index (χ3n) is 5.15. The van der Waals surface area contributed by atoms with Gasteiger partial charge in [-0.3, -0.25) is 4.79 Å². The summed E-state index contributed by atoms with van der Waals surface area (Å²) in [6.07, 6.45) is 6.27. The number of benzene rings is 1. The Hall–Kier alpha value is -1.39. The molecule has 0 spiro atoms. The molecule has 3 atom stereocenters. The Morgan fingerprint density at radius 1 is 1.22 bits per heavy atom. The van der Waals surface area contributed by atoms with Gasteiger partial charge in [-0.15, -0.1) is 0 Å². The SMILES string of the molecule is N[C@@H]1CCC[C@H]1C(=O)N1CC[C@@H](OCCCc2ccccc2)C1. The molecule has 3 rings (SSSR count). The standard InChI is InChI=1S/C19H28N2O2/c20-18-10-4-9-17(18)19(22)21-12-11-16(14-21)23-13-5-8-15-6-2-1-3-7-15/h1-3,6-7,16-18H,4-5,8-14,20H2/t16-,17-,18-/m1/s1. The second-order valence-corrected chi connectivity index (χ2v) is 6.86. The number of hydrogen-bond donors (Lipinski definition) is 1. The lowest BCUT2D eigenvalue weighted by atomic mass is 10.0. The molecule has 1 aromatic rings. The van der Waals surface area contributed by atoms with Crippen molar-refractivity contribution in [3.05, 3.63) is 35.9 Å². The second-order valence-electron chi connectivity index (χ2n) is 6.86. The predicted octanol–water partition coefficient (Wildman–Crippen LogP) is 2.36. The minimum Gasteiger partial charge on any atom is -0.376 e. The fourth-order valence-electron chi connectivity index (χ4n) is 3.77. The van der Waals surface area contributed by atoms with Gasteiger partial charge in [0.15, 0.2) is 0 Å². The number of carbonyl (C=O) groups excluding carboxylic acids is 1. The highest BCUT2D eigenvalue weighted by Crippen LogP contribution is 2.27. The van der Waals surface area contributed by atoms with E-state index in [9.17, 15) is 4.79 Å². The molecule has 0 bridgehead atoms. The van der Waals surface area contributed by atoms with E-state index in [1.807, 2.05) is 11.0 Å². The van der Waals surface area contributed by atoms with Crippen molar-refractivity contribution in [2.45, 2.75) is 50.7 Å². The molecular formula is C19H28N2O2.